The molecule has 2 N–H and O–H groups in total. The first-order valence-electron chi connectivity index (χ1n) is 10.3. The van der Waals surface area contributed by atoms with Crippen molar-refractivity contribution in [2.45, 2.75) is 50.8 Å². The maximum Gasteiger partial charge on any atom is 0.359 e. The van der Waals surface area contributed by atoms with E-state index in [1.54, 1.807) is 0 Å². The van der Waals surface area contributed by atoms with E-state index in [1.165, 1.54) is 18.1 Å². The van der Waals surface area contributed by atoms with Gasteiger partial charge in [-0.1, -0.05) is 25.1 Å². The van der Waals surface area contributed by atoms with Gasteiger partial charge in [-0.05, 0) is 49.3 Å². The minimum atomic E-state index is -1.63. The fourth-order valence-electron chi connectivity index (χ4n) is 6.10. The fourth-order valence-corrected chi connectivity index (χ4v) is 6.10. The first kappa shape index (κ1) is 20.6. The molecule has 3 atom stereocenters. The van der Waals surface area contributed by atoms with Crippen LogP contribution in [0.4, 0.5) is 0 Å². The number of fused-ring (bicyclic) bond motifs is 3. The first-order chi connectivity index (χ1) is 14.3. The zero-order chi connectivity index (χ0) is 21.7. The highest BCUT2D eigenvalue weighted by atomic mass is 16.9. The third-order valence-corrected chi connectivity index (χ3v) is 7.18. The van der Waals surface area contributed by atoms with Crippen LogP contribution in [-0.4, -0.2) is 51.0 Å². The Bertz CT molecular complexity index is 1000. The number of hydrogen-bond acceptors (Lipinski definition) is 6. The highest BCUT2D eigenvalue weighted by molar-refractivity contribution is 5.90. The summed E-state index contributed by atoms with van der Waals surface area (Å²) in [4.78, 5) is 23.8. The van der Waals surface area contributed by atoms with Crippen LogP contribution < -0.4 is 0 Å². The van der Waals surface area contributed by atoms with Crippen molar-refractivity contribution in [3.63, 3.8) is 0 Å². The van der Waals surface area contributed by atoms with Crippen molar-refractivity contribution >= 4 is 16.9 Å². The Morgan fingerprint density at radius 2 is 2.07 bits per heavy atom. The number of aliphatic hydroxyl groups is 1. The highest BCUT2D eigenvalue weighted by Gasteiger charge is 2.60. The van der Waals surface area contributed by atoms with Crippen LogP contribution in [0.2, 0.25) is 0 Å². The van der Waals surface area contributed by atoms with Crippen LogP contribution in [-0.2, 0) is 21.7 Å². The average Bonchev–Trinajstić information content (AvgIpc) is 3.08. The van der Waals surface area contributed by atoms with E-state index in [2.05, 4.69) is 17.9 Å². The lowest BCUT2D eigenvalue weighted by Crippen LogP contribution is -2.60. The van der Waals surface area contributed by atoms with Gasteiger partial charge in [-0.3, -0.25) is 4.90 Å². The minimum Gasteiger partial charge on any atom is -0.465 e. The van der Waals surface area contributed by atoms with Gasteiger partial charge in [0.25, 0.3) is 5.09 Å². The Labute approximate surface area is 173 Å². The Balaban J connectivity index is 0.000000503. The molecule has 1 saturated heterocycles. The minimum absolute atomic E-state index is 0.0826. The van der Waals surface area contributed by atoms with Crippen LogP contribution in [0.3, 0.4) is 0 Å². The molecule has 3 aliphatic heterocycles. The Morgan fingerprint density at radius 3 is 2.73 bits per heavy atom. The predicted octanol–water partition coefficient (Wildman–Crippen LogP) is 2.60. The molecule has 4 heterocycles. The number of carbonyl (C=O) groups excluding carboxylic acids is 1. The number of carbonyl (C=O) groups is 1. The molecule has 0 aliphatic carbocycles. The summed E-state index contributed by atoms with van der Waals surface area (Å²) < 4.78 is 7.01. The molecule has 1 fully saturated rings. The molecule has 30 heavy (non-hydrogen) atoms. The van der Waals surface area contributed by atoms with Crippen molar-refractivity contribution < 1.29 is 24.9 Å². The summed E-state index contributed by atoms with van der Waals surface area (Å²) in [7, 11) is 1.37. The van der Waals surface area contributed by atoms with Crippen molar-refractivity contribution in [2.75, 3.05) is 20.2 Å². The second kappa shape index (κ2) is 7.24. The molecule has 2 aromatic rings. The summed E-state index contributed by atoms with van der Waals surface area (Å²) in [6.45, 7) is 4.36. The van der Waals surface area contributed by atoms with Crippen LogP contribution >= 0.6 is 0 Å². The quantitative estimate of drug-likeness (QED) is 0.438. The molecule has 0 saturated carbocycles. The first-order valence-corrected chi connectivity index (χ1v) is 10.3. The van der Waals surface area contributed by atoms with Gasteiger partial charge >= 0.3 is 5.97 Å². The summed E-state index contributed by atoms with van der Waals surface area (Å²) >= 11 is 0. The second-order valence-corrected chi connectivity index (χ2v) is 8.45. The van der Waals surface area contributed by atoms with E-state index in [1.807, 2.05) is 22.8 Å². The molecule has 0 amide bonds. The van der Waals surface area contributed by atoms with Crippen molar-refractivity contribution in [3.8, 4) is 0 Å². The number of para-hydroxylation sites is 1. The van der Waals surface area contributed by atoms with Crippen molar-refractivity contribution in [3.05, 3.63) is 45.6 Å². The number of esters is 1. The van der Waals surface area contributed by atoms with Gasteiger partial charge in [-0.15, -0.1) is 10.1 Å². The SMILES string of the molecule is CCC12CCCN3CCc4c(n(c5ccccc45)C(O)(C(=O)OC)C1)C32.O=[N+]([O-])O. The van der Waals surface area contributed by atoms with Gasteiger partial charge in [0, 0.05) is 24.0 Å². The molecule has 162 valence electrons. The summed E-state index contributed by atoms with van der Waals surface area (Å²) in [5, 5.41) is 26.5. The van der Waals surface area contributed by atoms with Crippen molar-refractivity contribution in [1.29, 1.82) is 0 Å². The van der Waals surface area contributed by atoms with Gasteiger partial charge < -0.3 is 19.6 Å². The molecule has 9 heteroatoms. The molecule has 9 nitrogen and oxygen atoms in total. The zero-order valence-corrected chi connectivity index (χ0v) is 17.2. The number of benzene rings is 1. The van der Waals surface area contributed by atoms with Crippen LogP contribution in [0, 0.1) is 15.5 Å². The summed E-state index contributed by atoms with van der Waals surface area (Å²) in [6.07, 6.45) is 4.52. The van der Waals surface area contributed by atoms with E-state index in [0.29, 0.717) is 6.42 Å². The van der Waals surface area contributed by atoms with Crippen LogP contribution in [0.25, 0.3) is 10.9 Å². The molecule has 0 spiro atoms. The number of hydrogen-bond donors (Lipinski definition) is 2. The van der Waals surface area contributed by atoms with E-state index in [0.717, 1.165) is 50.0 Å². The number of ether oxygens (including phenoxy) is 1. The van der Waals surface area contributed by atoms with E-state index in [9.17, 15) is 9.90 Å². The number of nitrogens with zero attached hydrogens (tertiary/aromatic N) is 3. The van der Waals surface area contributed by atoms with Crippen molar-refractivity contribution in [1.82, 2.24) is 9.47 Å². The maximum atomic E-state index is 12.8. The number of methoxy groups -OCH3 is 1. The summed E-state index contributed by atoms with van der Waals surface area (Å²) in [5.74, 6) is -0.546. The Morgan fingerprint density at radius 1 is 1.37 bits per heavy atom. The number of rotatable bonds is 2. The Hall–Kier alpha value is -2.65. The van der Waals surface area contributed by atoms with Crippen LogP contribution in [0.15, 0.2) is 24.3 Å². The van der Waals surface area contributed by atoms with Crippen LogP contribution in [0.1, 0.15) is 49.9 Å². The molecule has 0 radical (unpaired) electrons. The topological polar surface area (TPSA) is 118 Å². The van der Waals surface area contributed by atoms with Gasteiger partial charge in [0.05, 0.1) is 18.7 Å². The second-order valence-electron chi connectivity index (χ2n) is 8.45. The molecular weight excluding hydrogens is 390 g/mol. The van der Waals surface area contributed by atoms with E-state index in [-0.39, 0.29) is 11.5 Å². The van der Waals surface area contributed by atoms with Gasteiger partial charge in [-0.25, -0.2) is 4.79 Å². The smallest absolute Gasteiger partial charge is 0.359 e. The zero-order valence-electron chi connectivity index (χ0n) is 17.2. The highest BCUT2D eigenvalue weighted by Crippen LogP contribution is 2.60. The fraction of sp³-hybridized carbons (Fsp3) is 0.571. The van der Waals surface area contributed by atoms with Gasteiger partial charge in [0.1, 0.15) is 0 Å². The molecule has 3 unspecified atom stereocenters. The lowest BCUT2D eigenvalue weighted by Gasteiger charge is -2.57. The standard InChI is InChI=1S/C21H26N2O3.HNO3/c1-3-20-10-6-11-22-12-9-15-14-7-4-5-8-16(14)23(17(15)18(20)22)21(25,13-20)19(24)26-2;2-1(3)4/h4-5,7-8,18,25H,3,6,9-13H2,1-2H3;(H,2,3,4). The molecule has 5 rings (SSSR count). The molecule has 1 aromatic carbocycles. The van der Waals surface area contributed by atoms with Gasteiger partial charge in [-0.2, -0.15) is 0 Å². The van der Waals surface area contributed by atoms with E-state index in [4.69, 9.17) is 20.1 Å². The number of piperidine rings is 1. The average molecular weight is 417 g/mol. The van der Waals surface area contributed by atoms with E-state index >= 15 is 0 Å². The van der Waals surface area contributed by atoms with Crippen molar-refractivity contribution in [2.24, 2.45) is 5.41 Å². The largest absolute Gasteiger partial charge is 0.465 e. The maximum absolute atomic E-state index is 12.8. The summed E-state index contributed by atoms with van der Waals surface area (Å²) in [6, 6.07) is 8.45. The monoisotopic (exact) mass is 417 g/mol. The molecule has 3 aliphatic rings. The molecular formula is C21H27N3O6. The summed E-state index contributed by atoms with van der Waals surface area (Å²) in [5.41, 5.74) is 1.69. The third kappa shape index (κ3) is 2.79. The van der Waals surface area contributed by atoms with E-state index < -0.39 is 16.8 Å². The molecule has 0 bridgehead atoms. The van der Waals surface area contributed by atoms with Crippen LogP contribution in [0.5, 0.6) is 0 Å². The number of aromatic nitrogens is 1. The lowest BCUT2D eigenvalue weighted by molar-refractivity contribution is -0.742. The Kier molecular flexibility index (Phi) is 4.98. The third-order valence-electron chi connectivity index (χ3n) is 7.18. The molecule has 1 aromatic heterocycles. The van der Waals surface area contributed by atoms with Gasteiger partial charge in [0.15, 0.2) is 0 Å². The van der Waals surface area contributed by atoms with Gasteiger partial charge in [0.2, 0.25) is 5.72 Å². The predicted molar refractivity (Wildman–Crippen MR) is 108 cm³/mol. The normalized spacial score (nSPS) is 29.5. The lowest BCUT2D eigenvalue weighted by atomic mass is 9.62.